The number of hydrogen-bond donors (Lipinski definition) is 2. The molecule has 0 bridgehead atoms. The van der Waals surface area contributed by atoms with Gasteiger partial charge in [-0.3, -0.25) is 4.79 Å². The summed E-state index contributed by atoms with van der Waals surface area (Å²) in [7, 11) is 2.15. The fraction of sp³-hybridized carbons (Fsp3) is 0.929. The number of likely N-dealkylation sites (N-methyl/N-ethyl adjacent to an activating group) is 1. The van der Waals surface area contributed by atoms with Gasteiger partial charge in [-0.05, 0) is 65.6 Å². The van der Waals surface area contributed by atoms with Gasteiger partial charge in [0, 0.05) is 6.04 Å². The number of aliphatic carboxylic acids is 1. The minimum Gasteiger partial charge on any atom is -0.480 e. The van der Waals surface area contributed by atoms with Crippen molar-refractivity contribution in [2.75, 3.05) is 20.1 Å². The standard InChI is InChI=1S/C14H28N2O2/c1-5-15-14(3,13(17)18)9-6-10-16(4)11(2)12-7-8-12/h11-12,15H,5-10H2,1-4H3,(H,17,18). The summed E-state index contributed by atoms with van der Waals surface area (Å²) in [5.74, 6) is 0.122. The lowest BCUT2D eigenvalue weighted by Gasteiger charge is -2.29. The number of carboxylic acids is 1. The Morgan fingerprint density at radius 3 is 2.61 bits per heavy atom. The number of carbonyl (C=O) groups is 1. The highest BCUT2D eigenvalue weighted by Gasteiger charge is 2.33. The van der Waals surface area contributed by atoms with Crippen molar-refractivity contribution in [1.82, 2.24) is 10.2 Å². The summed E-state index contributed by atoms with van der Waals surface area (Å²) >= 11 is 0. The molecular formula is C14H28N2O2. The molecule has 0 saturated heterocycles. The van der Waals surface area contributed by atoms with E-state index in [1.165, 1.54) is 12.8 Å². The van der Waals surface area contributed by atoms with Crippen LogP contribution in [0.5, 0.6) is 0 Å². The van der Waals surface area contributed by atoms with Gasteiger partial charge in [0.15, 0.2) is 0 Å². The molecule has 2 N–H and O–H groups in total. The molecule has 0 aromatic heterocycles. The molecule has 0 aliphatic heterocycles. The van der Waals surface area contributed by atoms with Gasteiger partial charge in [-0.25, -0.2) is 0 Å². The Balaban J connectivity index is 2.31. The van der Waals surface area contributed by atoms with Gasteiger partial charge in [-0.2, -0.15) is 0 Å². The first kappa shape index (κ1) is 15.4. The maximum Gasteiger partial charge on any atom is 0.323 e. The van der Waals surface area contributed by atoms with Gasteiger partial charge in [-0.15, -0.1) is 0 Å². The van der Waals surface area contributed by atoms with Gasteiger partial charge >= 0.3 is 5.97 Å². The molecule has 2 unspecified atom stereocenters. The van der Waals surface area contributed by atoms with Gasteiger partial charge in [0.05, 0.1) is 0 Å². The van der Waals surface area contributed by atoms with E-state index in [-0.39, 0.29) is 0 Å². The van der Waals surface area contributed by atoms with Crippen molar-refractivity contribution in [2.45, 2.75) is 58.0 Å². The van der Waals surface area contributed by atoms with Crippen LogP contribution in [0, 0.1) is 5.92 Å². The highest BCUT2D eigenvalue weighted by atomic mass is 16.4. The van der Waals surface area contributed by atoms with E-state index in [0.717, 1.165) is 18.9 Å². The van der Waals surface area contributed by atoms with E-state index in [0.29, 0.717) is 19.0 Å². The third-order valence-corrected chi connectivity index (χ3v) is 4.23. The maximum atomic E-state index is 11.3. The molecule has 0 aromatic rings. The Labute approximate surface area is 111 Å². The van der Waals surface area contributed by atoms with Gasteiger partial charge < -0.3 is 15.3 Å². The molecule has 106 valence electrons. The number of carboxylic acid groups (broad SMARTS) is 1. The van der Waals surface area contributed by atoms with Crippen LogP contribution < -0.4 is 5.32 Å². The molecule has 1 aliphatic rings. The predicted octanol–water partition coefficient (Wildman–Crippen LogP) is 1.95. The predicted molar refractivity (Wildman–Crippen MR) is 73.8 cm³/mol. The molecule has 1 saturated carbocycles. The van der Waals surface area contributed by atoms with Gasteiger partial charge in [0.25, 0.3) is 0 Å². The lowest BCUT2D eigenvalue weighted by atomic mass is 9.95. The molecule has 4 heteroatoms. The second kappa shape index (κ2) is 6.53. The van der Waals surface area contributed by atoms with Crippen LogP contribution in [0.25, 0.3) is 0 Å². The summed E-state index contributed by atoms with van der Waals surface area (Å²) in [4.78, 5) is 13.6. The third-order valence-electron chi connectivity index (χ3n) is 4.23. The number of nitrogens with one attached hydrogen (secondary N) is 1. The molecule has 4 nitrogen and oxygen atoms in total. The molecule has 0 aromatic carbocycles. The molecule has 0 radical (unpaired) electrons. The second-order valence-electron chi connectivity index (χ2n) is 5.83. The van der Waals surface area contributed by atoms with Crippen molar-refractivity contribution in [1.29, 1.82) is 0 Å². The number of rotatable bonds is 9. The van der Waals surface area contributed by atoms with Crippen molar-refractivity contribution in [3.05, 3.63) is 0 Å². The Morgan fingerprint density at radius 2 is 2.17 bits per heavy atom. The summed E-state index contributed by atoms with van der Waals surface area (Å²) in [6.07, 6.45) is 4.31. The molecule has 0 heterocycles. The molecular weight excluding hydrogens is 228 g/mol. The van der Waals surface area contributed by atoms with Gasteiger partial charge in [-0.1, -0.05) is 6.92 Å². The van der Waals surface area contributed by atoms with Crippen LogP contribution in [0.2, 0.25) is 0 Å². The van der Waals surface area contributed by atoms with Crippen LogP contribution in [-0.4, -0.2) is 47.7 Å². The van der Waals surface area contributed by atoms with Crippen LogP contribution in [-0.2, 0) is 4.79 Å². The summed E-state index contributed by atoms with van der Waals surface area (Å²) in [5.41, 5.74) is -0.779. The van der Waals surface area contributed by atoms with Crippen molar-refractivity contribution in [3.63, 3.8) is 0 Å². The smallest absolute Gasteiger partial charge is 0.323 e. The van der Waals surface area contributed by atoms with E-state index in [4.69, 9.17) is 0 Å². The Morgan fingerprint density at radius 1 is 1.56 bits per heavy atom. The Bertz CT molecular complexity index is 279. The SMILES string of the molecule is CCNC(C)(CCCN(C)C(C)C1CC1)C(=O)O. The summed E-state index contributed by atoms with van der Waals surface area (Å²) in [6.45, 7) is 7.67. The first-order valence-electron chi connectivity index (χ1n) is 7.09. The normalized spacial score (nSPS) is 20.7. The fourth-order valence-corrected chi connectivity index (χ4v) is 2.49. The van der Waals surface area contributed by atoms with Crippen molar-refractivity contribution in [2.24, 2.45) is 5.92 Å². The summed E-state index contributed by atoms with van der Waals surface area (Å²) < 4.78 is 0. The zero-order valence-corrected chi connectivity index (χ0v) is 12.2. The molecule has 1 fully saturated rings. The van der Waals surface area contributed by atoms with E-state index in [1.807, 2.05) is 6.92 Å². The highest BCUT2D eigenvalue weighted by molar-refractivity contribution is 5.78. The lowest BCUT2D eigenvalue weighted by Crippen LogP contribution is -2.49. The van der Waals surface area contributed by atoms with E-state index in [1.54, 1.807) is 6.92 Å². The van der Waals surface area contributed by atoms with Crippen LogP contribution in [0.15, 0.2) is 0 Å². The van der Waals surface area contributed by atoms with Crippen LogP contribution in [0.1, 0.15) is 46.5 Å². The number of hydrogen-bond acceptors (Lipinski definition) is 3. The zero-order chi connectivity index (χ0) is 13.8. The van der Waals surface area contributed by atoms with Crippen LogP contribution >= 0.6 is 0 Å². The average molecular weight is 256 g/mol. The summed E-state index contributed by atoms with van der Waals surface area (Å²) in [5, 5.41) is 12.3. The Hall–Kier alpha value is -0.610. The molecule has 1 aliphatic carbocycles. The monoisotopic (exact) mass is 256 g/mol. The van der Waals surface area contributed by atoms with Gasteiger partial charge in [0.2, 0.25) is 0 Å². The fourth-order valence-electron chi connectivity index (χ4n) is 2.49. The molecule has 1 rings (SSSR count). The van der Waals surface area contributed by atoms with Gasteiger partial charge in [0.1, 0.15) is 5.54 Å². The minimum atomic E-state index is -0.779. The topological polar surface area (TPSA) is 52.6 Å². The van der Waals surface area contributed by atoms with E-state index in [2.05, 4.69) is 24.2 Å². The lowest BCUT2D eigenvalue weighted by molar-refractivity contribution is -0.144. The highest BCUT2D eigenvalue weighted by Crippen LogP contribution is 2.34. The quantitative estimate of drug-likeness (QED) is 0.662. The zero-order valence-electron chi connectivity index (χ0n) is 12.2. The minimum absolute atomic E-state index is 0.639. The van der Waals surface area contributed by atoms with Crippen LogP contribution in [0.3, 0.4) is 0 Å². The molecule has 0 amide bonds. The molecule has 0 spiro atoms. The second-order valence-corrected chi connectivity index (χ2v) is 5.83. The van der Waals surface area contributed by atoms with Crippen molar-refractivity contribution >= 4 is 5.97 Å². The van der Waals surface area contributed by atoms with E-state index in [9.17, 15) is 9.90 Å². The molecule has 2 atom stereocenters. The molecule has 18 heavy (non-hydrogen) atoms. The third kappa shape index (κ3) is 4.25. The Kier molecular flexibility index (Phi) is 5.60. The van der Waals surface area contributed by atoms with Crippen LogP contribution in [0.4, 0.5) is 0 Å². The number of nitrogens with zero attached hydrogens (tertiary/aromatic N) is 1. The van der Waals surface area contributed by atoms with E-state index < -0.39 is 11.5 Å². The first-order valence-corrected chi connectivity index (χ1v) is 7.09. The summed E-state index contributed by atoms with van der Waals surface area (Å²) in [6, 6.07) is 0.639. The first-order chi connectivity index (χ1) is 8.40. The maximum absolute atomic E-state index is 11.3. The average Bonchev–Trinajstić information content (AvgIpc) is 3.11. The van der Waals surface area contributed by atoms with Crippen molar-refractivity contribution in [3.8, 4) is 0 Å². The van der Waals surface area contributed by atoms with E-state index >= 15 is 0 Å². The van der Waals surface area contributed by atoms with Crippen molar-refractivity contribution < 1.29 is 9.90 Å². The largest absolute Gasteiger partial charge is 0.480 e.